The quantitative estimate of drug-likeness (QED) is 0.587. The zero-order valence-electron chi connectivity index (χ0n) is 15.1. The van der Waals surface area contributed by atoms with Gasteiger partial charge in [0, 0.05) is 12.1 Å². The minimum absolute atomic E-state index is 0.278. The lowest BCUT2D eigenvalue weighted by Gasteiger charge is -2.08. The van der Waals surface area contributed by atoms with Gasteiger partial charge in [-0.1, -0.05) is 72.8 Å². The van der Waals surface area contributed by atoms with E-state index < -0.39 is 6.09 Å². The molecule has 0 saturated heterocycles. The van der Waals surface area contributed by atoms with Crippen LogP contribution in [0.1, 0.15) is 17.5 Å². The van der Waals surface area contributed by atoms with Gasteiger partial charge in [-0.2, -0.15) is 0 Å². The molecule has 2 N–H and O–H groups in total. The van der Waals surface area contributed by atoms with E-state index in [0.717, 1.165) is 29.5 Å². The molecule has 0 aliphatic heterocycles. The molecule has 0 aliphatic carbocycles. The maximum absolute atomic E-state index is 11.7. The van der Waals surface area contributed by atoms with Crippen LogP contribution in [0.2, 0.25) is 0 Å². The highest BCUT2D eigenvalue weighted by Crippen LogP contribution is 2.28. The summed E-state index contributed by atoms with van der Waals surface area (Å²) in [7, 11) is 0. The van der Waals surface area contributed by atoms with Crippen LogP contribution in [0.3, 0.4) is 0 Å². The summed E-state index contributed by atoms with van der Waals surface area (Å²) in [5.41, 5.74) is 3.97. The van der Waals surface area contributed by atoms with Crippen molar-refractivity contribution in [3.8, 4) is 16.9 Å². The summed E-state index contributed by atoms with van der Waals surface area (Å²) >= 11 is 0. The highest BCUT2D eigenvalue weighted by atomic mass is 16.5. The Kier molecular flexibility index (Phi) is 6.47. The summed E-state index contributed by atoms with van der Waals surface area (Å²) in [6, 6.07) is 25.0. The average molecular weight is 361 g/mol. The number of aromatic hydroxyl groups is 1. The first kappa shape index (κ1) is 18.5. The van der Waals surface area contributed by atoms with Crippen LogP contribution >= 0.6 is 0 Å². The first-order valence-electron chi connectivity index (χ1n) is 9.04. The lowest BCUT2D eigenvalue weighted by atomic mass is 10.0. The van der Waals surface area contributed by atoms with Crippen LogP contribution in [0.15, 0.2) is 78.9 Å². The SMILES string of the molecule is O=C(NCCCc1ccc(-c2ccccc2O)cc1)OCc1ccccc1. The molecule has 0 radical (unpaired) electrons. The number of benzene rings is 3. The van der Waals surface area contributed by atoms with Crippen LogP contribution in [-0.2, 0) is 17.8 Å². The van der Waals surface area contributed by atoms with Gasteiger partial charge in [0.15, 0.2) is 0 Å². The highest BCUT2D eigenvalue weighted by molar-refractivity contribution is 5.70. The standard InChI is InChI=1S/C23H23NO3/c25-22-11-5-4-10-21(22)20-14-12-18(13-15-20)9-6-16-24-23(26)27-17-19-7-2-1-3-8-19/h1-5,7-8,10-15,25H,6,9,16-17H2,(H,24,26). The number of nitrogens with one attached hydrogen (secondary N) is 1. The zero-order valence-corrected chi connectivity index (χ0v) is 15.1. The van der Waals surface area contributed by atoms with E-state index in [1.165, 1.54) is 5.56 Å². The van der Waals surface area contributed by atoms with Crippen LogP contribution < -0.4 is 5.32 Å². The monoisotopic (exact) mass is 361 g/mol. The van der Waals surface area contributed by atoms with Gasteiger partial charge in [0.25, 0.3) is 0 Å². The summed E-state index contributed by atoms with van der Waals surface area (Å²) in [5.74, 6) is 0.281. The molecular formula is C23H23NO3. The predicted molar refractivity (Wildman–Crippen MR) is 106 cm³/mol. The Morgan fingerprint density at radius 3 is 2.30 bits per heavy atom. The number of alkyl carbamates (subject to hydrolysis) is 1. The van der Waals surface area contributed by atoms with E-state index >= 15 is 0 Å². The zero-order chi connectivity index (χ0) is 18.9. The van der Waals surface area contributed by atoms with Crippen molar-refractivity contribution in [3.05, 3.63) is 90.0 Å². The summed E-state index contributed by atoms with van der Waals surface area (Å²) in [5, 5.41) is 12.7. The highest BCUT2D eigenvalue weighted by Gasteiger charge is 2.04. The van der Waals surface area contributed by atoms with Crippen molar-refractivity contribution in [1.82, 2.24) is 5.32 Å². The molecule has 0 heterocycles. The largest absolute Gasteiger partial charge is 0.507 e. The Labute approximate surface area is 159 Å². The molecule has 27 heavy (non-hydrogen) atoms. The number of phenolic OH excluding ortho intramolecular Hbond substituents is 1. The number of carbonyl (C=O) groups is 1. The number of hydrogen-bond donors (Lipinski definition) is 2. The smallest absolute Gasteiger partial charge is 0.407 e. The van der Waals surface area contributed by atoms with Crippen molar-refractivity contribution in [2.24, 2.45) is 0 Å². The Bertz CT molecular complexity index is 860. The Balaban J connectivity index is 1.39. The average Bonchev–Trinajstić information content (AvgIpc) is 2.71. The third-order valence-corrected chi connectivity index (χ3v) is 4.29. The fourth-order valence-corrected chi connectivity index (χ4v) is 2.83. The number of para-hydroxylation sites is 1. The normalized spacial score (nSPS) is 10.4. The molecule has 0 aromatic heterocycles. The molecule has 0 saturated carbocycles. The number of hydrogen-bond acceptors (Lipinski definition) is 3. The van der Waals surface area contributed by atoms with Gasteiger partial charge in [0.05, 0.1) is 0 Å². The van der Waals surface area contributed by atoms with Crippen LogP contribution in [0, 0.1) is 0 Å². The van der Waals surface area contributed by atoms with Gasteiger partial charge in [-0.05, 0) is 35.6 Å². The number of amides is 1. The second-order valence-corrected chi connectivity index (χ2v) is 6.31. The maximum Gasteiger partial charge on any atom is 0.407 e. The lowest BCUT2D eigenvalue weighted by molar-refractivity contribution is 0.139. The van der Waals surface area contributed by atoms with Gasteiger partial charge in [-0.15, -0.1) is 0 Å². The molecule has 1 amide bonds. The first-order valence-corrected chi connectivity index (χ1v) is 9.04. The van der Waals surface area contributed by atoms with Gasteiger partial charge in [-0.3, -0.25) is 0 Å². The number of rotatable bonds is 7. The third-order valence-electron chi connectivity index (χ3n) is 4.29. The van der Waals surface area contributed by atoms with E-state index in [1.54, 1.807) is 6.07 Å². The Morgan fingerprint density at radius 2 is 1.56 bits per heavy atom. The summed E-state index contributed by atoms with van der Waals surface area (Å²) in [4.78, 5) is 11.7. The summed E-state index contributed by atoms with van der Waals surface area (Å²) < 4.78 is 5.18. The molecule has 138 valence electrons. The van der Waals surface area contributed by atoms with Gasteiger partial charge in [-0.25, -0.2) is 4.79 Å². The molecule has 3 rings (SSSR count). The molecule has 3 aromatic carbocycles. The van der Waals surface area contributed by atoms with Crippen molar-refractivity contribution in [2.45, 2.75) is 19.4 Å². The van der Waals surface area contributed by atoms with E-state index in [2.05, 4.69) is 17.4 Å². The second kappa shape index (κ2) is 9.43. The van der Waals surface area contributed by atoms with E-state index in [9.17, 15) is 9.90 Å². The maximum atomic E-state index is 11.7. The minimum atomic E-state index is -0.395. The summed E-state index contributed by atoms with van der Waals surface area (Å²) in [6.07, 6.45) is 1.30. The van der Waals surface area contributed by atoms with Gasteiger partial charge in [0.1, 0.15) is 12.4 Å². The minimum Gasteiger partial charge on any atom is -0.507 e. The lowest BCUT2D eigenvalue weighted by Crippen LogP contribution is -2.25. The van der Waals surface area contributed by atoms with Crippen molar-refractivity contribution in [1.29, 1.82) is 0 Å². The van der Waals surface area contributed by atoms with Crippen LogP contribution in [0.5, 0.6) is 5.75 Å². The topological polar surface area (TPSA) is 58.6 Å². The van der Waals surface area contributed by atoms with Crippen molar-refractivity contribution in [3.63, 3.8) is 0 Å². The molecule has 3 aromatic rings. The molecule has 4 nitrogen and oxygen atoms in total. The number of aryl methyl sites for hydroxylation is 1. The van der Waals surface area contributed by atoms with Gasteiger partial charge >= 0.3 is 6.09 Å². The Morgan fingerprint density at radius 1 is 0.852 bits per heavy atom. The number of ether oxygens (including phenoxy) is 1. The molecule has 0 aliphatic rings. The summed E-state index contributed by atoms with van der Waals surface area (Å²) in [6.45, 7) is 0.843. The van der Waals surface area contributed by atoms with E-state index in [1.807, 2.05) is 60.7 Å². The molecule has 0 bridgehead atoms. The van der Waals surface area contributed by atoms with Gasteiger partial charge < -0.3 is 15.2 Å². The molecule has 0 spiro atoms. The molecule has 0 fully saturated rings. The Hall–Kier alpha value is -3.27. The predicted octanol–water partition coefficient (Wildman–Crippen LogP) is 4.92. The fraction of sp³-hybridized carbons (Fsp3) is 0.174. The van der Waals surface area contributed by atoms with E-state index in [-0.39, 0.29) is 12.4 Å². The van der Waals surface area contributed by atoms with Crippen LogP contribution in [0.4, 0.5) is 4.79 Å². The third kappa shape index (κ3) is 5.61. The number of carbonyl (C=O) groups excluding carboxylic acids is 1. The molecule has 4 heteroatoms. The molecule has 0 unspecified atom stereocenters. The molecule has 0 atom stereocenters. The van der Waals surface area contributed by atoms with Crippen molar-refractivity contribution in [2.75, 3.05) is 6.54 Å². The van der Waals surface area contributed by atoms with Crippen LogP contribution in [-0.4, -0.2) is 17.7 Å². The van der Waals surface area contributed by atoms with Crippen molar-refractivity contribution < 1.29 is 14.6 Å². The van der Waals surface area contributed by atoms with Crippen LogP contribution in [0.25, 0.3) is 11.1 Å². The van der Waals surface area contributed by atoms with Crippen molar-refractivity contribution >= 4 is 6.09 Å². The molecular weight excluding hydrogens is 338 g/mol. The first-order chi connectivity index (χ1) is 13.2. The van der Waals surface area contributed by atoms with E-state index in [0.29, 0.717) is 6.54 Å². The number of phenols is 1. The fourth-order valence-electron chi connectivity index (χ4n) is 2.83. The van der Waals surface area contributed by atoms with E-state index in [4.69, 9.17) is 4.74 Å². The second-order valence-electron chi connectivity index (χ2n) is 6.31. The van der Waals surface area contributed by atoms with Gasteiger partial charge in [0.2, 0.25) is 0 Å².